The van der Waals surface area contributed by atoms with E-state index in [4.69, 9.17) is 11.6 Å². The average Bonchev–Trinajstić information content (AvgIpc) is 3.46. The molecule has 28 heavy (non-hydrogen) atoms. The summed E-state index contributed by atoms with van der Waals surface area (Å²) >= 11 is 8.01. The lowest BCUT2D eigenvalue weighted by molar-refractivity contribution is -0.123. The van der Waals surface area contributed by atoms with Gasteiger partial charge in [0.2, 0.25) is 5.91 Å². The molecule has 0 saturated heterocycles. The van der Waals surface area contributed by atoms with Gasteiger partial charge in [0.05, 0.1) is 11.7 Å². The molecule has 0 radical (unpaired) electrons. The van der Waals surface area contributed by atoms with Crippen molar-refractivity contribution in [3.63, 3.8) is 0 Å². The lowest BCUT2D eigenvalue weighted by Crippen LogP contribution is -2.29. The van der Waals surface area contributed by atoms with Gasteiger partial charge in [-0.15, -0.1) is 10.2 Å². The molecule has 1 aromatic heterocycles. The van der Waals surface area contributed by atoms with Crippen LogP contribution in [0.5, 0.6) is 0 Å². The minimum Gasteiger partial charge on any atom is -0.346 e. The summed E-state index contributed by atoms with van der Waals surface area (Å²) in [4.78, 5) is 12.2. The number of benzene rings is 1. The highest BCUT2D eigenvalue weighted by Gasteiger charge is 2.31. The summed E-state index contributed by atoms with van der Waals surface area (Å²) in [6, 6.07) is 7.53. The maximum atomic E-state index is 12.2. The van der Waals surface area contributed by atoms with Gasteiger partial charge in [0, 0.05) is 16.7 Å². The van der Waals surface area contributed by atoms with Crippen LogP contribution in [0.1, 0.15) is 63.7 Å². The molecule has 1 atom stereocenters. The van der Waals surface area contributed by atoms with E-state index in [1.807, 2.05) is 31.2 Å². The molecular formula is C21H27ClN4OS. The number of carbonyl (C=O) groups excluding carboxylic acids is 1. The van der Waals surface area contributed by atoms with Gasteiger partial charge >= 0.3 is 0 Å². The Hall–Kier alpha value is -1.53. The number of thioether (sulfide) groups is 1. The van der Waals surface area contributed by atoms with E-state index in [1.54, 1.807) is 11.8 Å². The molecule has 0 bridgehead atoms. The second-order valence-electron chi connectivity index (χ2n) is 7.98. The van der Waals surface area contributed by atoms with Gasteiger partial charge in [-0.2, -0.15) is 0 Å². The minimum atomic E-state index is -0.205. The van der Waals surface area contributed by atoms with E-state index in [0.717, 1.165) is 41.2 Å². The SMILES string of the molecule is CC(NC(=O)C1CC1)c1nnc(SCC2CCCCC2)n1-c1cccc(Cl)c1. The first-order valence-corrected chi connectivity index (χ1v) is 11.6. The average molecular weight is 419 g/mol. The van der Waals surface area contributed by atoms with Crippen LogP contribution in [0, 0.1) is 11.8 Å². The molecule has 1 unspecified atom stereocenters. The van der Waals surface area contributed by atoms with Gasteiger partial charge in [0.25, 0.3) is 0 Å². The van der Waals surface area contributed by atoms with Crippen molar-refractivity contribution in [2.45, 2.75) is 63.1 Å². The summed E-state index contributed by atoms with van der Waals surface area (Å²) < 4.78 is 2.05. The van der Waals surface area contributed by atoms with Crippen molar-refractivity contribution in [3.05, 3.63) is 35.1 Å². The van der Waals surface area contributed by atoms with Gasteiger partial charge in [-0.1, -0.05) is 48.7 Å². The van der Waals surface area contributed by atoms with E-state index in [-0.39, 0.29) is 17.9 Å². The molecule has 2 fully saturated rings. The lowest BCUT2D eigenvalue weighted by Gasteiger charge is -2.21. The third-order valence-corrected chi connectivity index (χ3v) is 6.99. The Balaban J connectivity index is 1.57. The van der Waals surface area contributed by atoms with Gasteiger partial charge in [-0.3, -0.25) is 9.36 Å². The van der Waals surface area contributed by atoms with Gasteiger partial charge < -0.3 is 5.32 Å². The number of aromatic nitrogens is 3. The topological polar surface area (TPSA) is 59.8 Å². The van der Waals surface area contributed by atoms with Crippen LogP contribution in [0.15, 0.2) is 29.4 Å². The van der Waals surface area contributed by atoms with Crippen LogP contribution < -0.4 is 5.32 Å². The summed E-state index contributed by atoms with van der Waals surface area (Å²) in [6.45, 7) is 1.97. The quantitative estimate of drug-likeness (QED) is 0.629. The summed E-state index contributed by atoms with van der Waals surface area (Å²) in [7, 11) is 0. The zero-order valence-electron chi connectivity index (χ0n) is 16.2. The van der Waals surface area contributed by atoms with Crippen LogP contribution in [0.4, 0.5) is 0 Å². The third kappa shape index (κ3) is 4.71. The molecule has 4 rings (SSSR count). The molecule has 0 spiro atoms. The highest BCUT2D eigenvalue weighted by atomic mass is 35.5. The number of halogens is 1. The molecule has 2 aromatic rings. The second kappa shape index (κ2) is 8.87. The fourth-order valence-electron chi connectivity index (χ4n) is 3.80. The molecular weight excluding hydrogens is 392 g/mol. The third-order valence-electron chi connectivity index (χ3n) is 5.59. The summed E-state index contributed by atoms with van der Waals surface area (Å²) in [5.41, 5.74) is 0.936. The van der Waals surface area contributed by atoms with Gasteiger partial charge in [-0.05, 0) is 56.7 Å². The highest BCUT2D eigenvalue weighted by molar-refractivity contribution is 7.99. The first-order chi connectivity index (χ1) is 13.6. The van der Waals surface area contributed by atoms with Crippen molar-refractivity contribution in [2.24, 2.45) is 11.8 Å². The Morgan fingerprint density at radius 2 is 2.04 bits per heavy atom. The largest absolute Gasteiger partial charge is 0.346 e. The van der Waals surface area contributed by atoms with Gasteiger partial charge in [0.15, 0.2) is 11.0 Å². The number of hydrogen-bond donors (Lipinski definition) is 1. The van der Waals surface area contributed by atoms with Crippen LogP contribution in [0.25, 0.3) is 5.69 Å². The van der Waals surface area contributed by atoms with E-state index < -0.39 is 0 Å². The normalized spacial score (nSPS) is 18.8. The molecule has 5 nitrogen and oxygen atoms in total. The molecule has 0 aliphatic heterocycles. The Morgan fingerprint density at radius 3 is 2.75 bits per heavy atom. The zero-order chi connectivity index (χ0) is 19.5. The summed E-state index contributed by atoms with van der Waals surface area (Å²) in [5.74, 6) is 2.84. The molecule has 150 valence electrons. The standard InChI is InChI=1S/C21H27ClN4OS/c1-14(23-20(27)16-10-11-16)19-24-25-21(28-13-15-6-3-2-4-7-15)26(19)18-9-5-8-17(22)12-18/h5,8-9,12,14-16H,2-4,6-7,10-11,13H2,1H3,(H,23,27). The van der Waals surface area contributed by atoms with Crippen LogP contribution in [0.2, 0.25) is 5.02 Å². The van der Waals surface area contributed by atoms with Crippen LogP contribution in [-0.4, -0.2) is 26.4 Å². The van der Waals surface area contributed by atoms with Crippen LogP contribution >= 0.6 is 23.4 Å². The molecule has 7 heteroatoms. The Morgan fingerprint density at radius 1 is 1.25 bits per heavy atom. The fraction of sp³-hybridized carbons (Fsp3) is 0.571. The number of hydrogen-bond acceptors (Lipinski definition) is 4. The number of amides is 1. The molecule has 1 aromatic carbocycles. The van der Waals surface area contributed by atoms with E-state index in [1.165, 1.54) is 32.1 Å². The molecule has 1 N–H and O–H groups in total. The first-order valence-electron chi connectivity index (χ1n) is 10.3. The van der Waals surface area contributed by atoms with Gasteiger partial charge in [-0.25, -0.2) is 0 Å². The molecule has 1 amide bonds. The van der Waals surface area contributed by atoms with Crippen molar-refractivity contribution in [1.82, 2.24) is 20.1 Å². The van der Waals surface area contributed by atoms with Crippen LogP contribution in [-0.2, 0) is 4.79 Å². The molecule has 2 saturated carbocycles. The summed E-state index contributed by atoms with van der Waals surface area (Å²) in [5, 5.41) is 13.6. The number of nitrogens with zero attached hydrogens (tertiary/aromatic N) is 3. The first kappa shape index (κ1) is 19.8. The van der Waals surface area contributed by atoms with Crippen molar-refractivity contribution in [1.29, 1.82) is 0 Å². The van der Waals surface area contributed by atoms with E-state index in [9.17, 15) is 4.79 Å². The minimum absolute atomic E-state index is 0.115. The predicted octanol–water partition coefficient (Wildman–Crippen LogP) is 5.18. The maximum absolute atomic E-state index is 12.2. The van der Waals surface area contributed by atoms with E-state index >= 15 is 0 Å². The maximum Gasteiger partial charge on any atom is 0.223 e. The van der Waals surface area contributed by atoms with Crippen molar-refractivity contribution < 1.29 is 4.79 Å². The lowest BCUT2D eigenvalue weighted by atomic mass is 9.91. The molecule has 2 aliphatic rings. The summed E-state index contributed by atoms with van der Waals surface area (Å²) in [6.07, 6.45) is 8.62. The fourth-order valence-corrected chi connectivity index (χ4v) is 5.13. The van der Waals surface area contributed by atoms with Crippen molar-refractivity contribution >= 4 is 29.3 Å². The smallest absolute Gasteiger partial charge is 0.223 e. The molecule has 2 aliphatic carbocycles. The highest BCUT2D eigenvalue weighted by Crippen LogP contribution is 2.33. The van der Waals surface area contributed by atoms with Crippen LogP contribution in [0.3, 0.4) is 0 Å². The zero-order valence-corrected chi connectivity index (χ0v) is 17.8. The predicted molar refractivity (Wildman–Crippen MR) is 113 cm³/mol. The van der Waals surface area contributed by atoms with Gasteiger partial charge in [0.1, 0.15) is 0 Å². The van der Waals surface area contributed by atoms with Crippen molar-refractivity contribution in [3.8, 4) is 5.69 Å². The Kier molecular flexibility index (Phi) is 6.26. The van der Waals surface area contributed by atoms with E-state index in [0.29, 0.717) is 5.02 Å². The monoisotopic (exact) mass is 418 g/mol. The second-order valence-corrected chi connectivity index (χ2v) is 9.40. The Bertz CT molecular complexity index is 830. The molecule has 1 heterocycles. The number of nitrogens with one attached hydrogen (secondary N) is 1. The Labute approximate surface area is 175 Å². The number of carbonyl (C=O) groups is 1. The van der Waals surface area contributed by atoms with E-state index in [2.05, 4.69) is 20.1 Å². The number of rotatable bonds is 7. The van der Waals surface area contributed by atoms with Crippen molar-refractivity contribution in [2.75, 3.05) is 5.75 Å².